The van der Waals surface area contributed by atoms with Crippen LogP contribution in [0.15, 0.2) is 18.2 Å². The van der Waals surface area contributed by atoms with Crippen molar-refractivity contribution in [3.63, 3.8) is 0 Å². The van der Waals surface area contributed by atoms with Crippen molar-refractivity contribution in [3.8, 4) is 0 Å². The number of benzene rings is 1. The zero-order valence-electron chi connectivity index (χ0n) is 11.0. The van der Waals surface area contributed by atoms with E-state index in [9.17, 15) is 0 Å². The molecule has 0 amide bonds. The molecule has 1 aromatic heterocycles. The lowest BCUT2D eigenvalue weighted by atomic mass is 10.3. The Morgan fingerprint density at radius 2 is 1.76 bits per heavy atom. The Bertz CT molecular complexity index is 658. The van der Waals surface area contributed by atoms with Gasteiger partial charge in [-0.3, -0.25) is 0 Å². The van der Waals surface area contributed by atoms with Gasteiger partial charge in [0.15, 0.2) is 0 Å². The Balaban J connectivity index is 1.89. The van der Waals surface area contributed by atoms with E-state index in [1.165, 1.54) is 0 Å². The molecule has 1 fully saturated rings. The predicted octanol–water partition coefficient (Wildman–Crippen LogP) is 4.18. The molecular weight excluding hydrogens is 333 g/mol. The third-order valence-electron chi connectivity index (χ3n) is 3.16. The normalized spacial score (nSPS) is 14.5. The van der Waals surface area contributed by atoms with E-state index in [0.717, 1.165) is 25.9 Å². The summed E-state index contributed by atoms with van der Waals surface area (Å²) < 4.78 is 0. The van der Waals surface area contributed by atoms with Crippen molar-refractivity contribution in [2.24, 2.45) is 0 Å². The second kappa shape index (κ2) is 6.22. The summed E-state index contributed by atoms with van der Waals surface area (Å²) in [5.41, 5.74) is 0.624. The van der Waals surface area contributed by atoms with Crippen molar-refractivity contribution in [2.75, 3.05) is 23.3 Å². The Morgan fingerprint density at radius 1 is 1.00 bits per heavy atom. The van der Waals surface area contributed by atoms with Crippen LogP contribution in [0, 0.1) is 0 Å². The van der Waals surface area contributed by atoms with E-state index in [1.807, 2.05) is 0 Å². The summed E-state index contributed by atoms with van der Waals surface area (Å²) in [4.78, 5) is 14.7. The van der Waals surface area contributed by atoms with E-state index in [4.69, 9.17) is 34.8 Å². The molecule has 8 heteroatoms. The lowest BCUT2D eigenvalue weighted by Crippen LogP contribution is -2.21. The molecule has 3 rings (SSSR count). The van der Waals surface area contributed by atoms with E-state index < -0.39 is 0 Å². The lowest BCUT2D eigenvalue weighted by Gasteiger charge is -2.16. The number of nitrogens with one attached hydrogen (secondary N) is 1. The number of anilines is 3. The van der Waals surface area contributed by atoms with Gasteiger partial charge in [-0.2, -0.15) is 15.0 Å². The van der Waals surface area contributed by atoms with Gasteiger partial charge in [0.2, 0.25) is 17.2 Å². The van der Waals surface area contributed by atoms with Crippen LogP contribution < -0.4 is 10.2 Å². The van der Waals surface area contributed by atoms with Gasteiger partial charge in [0.1, 0.15) is 0 Å². The van der Waals surface area contributed by atoms with Crippen LogP contribution in [0.5, 0.6) is 0 Å². The number of hydrogen-bond donors (Lipinski definition) is 1. The Morgan fingerprint density at radius 3 is 2.52 bits per heavy atom. The fourth-order valence-electron chi connectivity index (χ4n) is 2.17. The zero-order valence-corrected chi connectivity index (χ0v) is 13.3. The number of hydrogen-bond acceptors (Lipinski definition) is 5. The SMILES string of the molecule is Clc1ccc(Cl)c(Nc2nc(Cl)nc(N3CCCC3)n2)c1. The molecule has 0 radical (unpaired) electrons. The van der Waals surface area contributed by atoms with Crippen LogP contribution in [0.25, 0.3) is 0 Å². The van der Waals surface area contributed by atoms with Crippen molar-refractivity contribution in [1.29, 1.82) is 0 Å². The maximum absolute atomic E-state index is 6.12. The molecule has 1 aromatic carbocycles. The summed E-state index contributed by atoms with van der Waals surface area (Å²) in [7, 11) is 0. The van der Waals surface area contributed by atoms with Gasteiger partial charge in [0.25, 0.3) is 0 Å². The van der Waals surface area contributed by atoms with Crippen LogP contribution in [0.4, 0.5) is 17.6 Å². The first-order valence-corrected chi connectivity index (χ1v) is 7.64. The number of halogens is 3. The molecule has 0 unspecified atom stereocenters. The highest BCUT2D eigenvalue weighted by molar-refractivity contribution is 6.35. The summed E-state index contributed by atoms with van der Waals surface area (Å²) in [5.74, 6) is 0.925. The van der Waals surface area contributed by atoms with E-state index in [0.29, 0.717) is 27.6 Å². The number of aromatic nitrogens is 3. The second-order valence-corrected chi connectivity index (χ2v) is 5.85. The Labute approximate surface area is 137 Å². The van der Waals surface area contributed by atoms with Gasteiger partial charge in [-0.25, -0.2) is 0 Å². The van der Waals surface area contributed by atoms with Crippen LogP contribution in [0.1, 0.15) is 12.8 Å². The molecule has 5 nitrogen and oxygen atoms in total. The molecule has 0 spiro atoms. The first-order valence-electron chi connectivity index (χ1n) is 6.50. The fraction of sp³-hybridized carbons (Fsp3) is 0.308. The van der Waals surface area contributed by atoms with Gasteiger partial charge in [-0.05, 0) is 42.6 Å². The molecule has 1 aliphatic heterocycles. The molecule has 0 bridgehead atoms. The third kappa shape index (κ3) is 3.48. The molecular formula is C13H12Cl3N5. The summed E-state index contributed by atoms with van der Waals surface area (Å²) in [6.07, 6.45) is 2.26. The number of rotatable bonds is 3. The largest absolute Gasteiger partial charge is 0.341 e. The molecule has 0 saturated carbocycles. The van der Waals surface area contributed by atoms with Gasteiger partial charge in [-0.15, -0.1) is 0 Å². The van der Waals surface area contributed by atoms with Gasteiger partial charge >= 0.3 is 0 Å². The molecule has 2 heterocycles. The zero-order chi connectivity index (χ0) is 14.8. The Kier molecular flexibility index (Phi) is 4.33. The Hall–Kier alpha value is -1.30. The molecule has 21 heavy (non-hydrogen) atoms. The first-order chi connectivity index (χ1) is 10.1. The van der Waals surface area contributed by atoms with Gasteiger partial charge in [0, 0.05) is 18.1 Å². The van der Waals surface area contributed by atoms with Gasteiger partial charge < -0.3 is 10.2 Å². The molecule has 2 aromatic rings. The molecule has 1 aliphatic rings. The highest BCUT2D eigenvalue weighted by Gasteiger charge is 2.17. The smallest absolute Gasteiger partial charge is 0.233 e. The van der Waals surface area contributed by atoms with Crippen molar-refractivity contribution in [3.05, 3.63) is 33.5 Å². The average molecular weight is 345 g/mol. The van der Waals surface area contributed by atoms with Crippen molar-refractivity contribution < 1.29 is 0 Å². The summed E-state index contributed by atoms with van der Waals surface area (Å²) >= 11 is 18.1. The molecule has 110 valence electrons. The van der Waals surface area contributed by atoms with E-state index in [1.54, 1.807) is 18.2 Å². The van der Waals surface area contributed by atoms with Crippen molar-refractivity contribution >= 4 is 52.4 Å². The second-order valence-electron chi connectivity index (χ2n) is 4.67. The first kappa shape index (κ1) is 14.6. The summed E-state index contributed by atoms with van der Waals surface area (Å²) in [6.45, 7) is 1.86. The standard InChI is InChI=1S/C13H12Cl3N5/c14-8-3-4-9(15)10(7-8)17-12-18-11(16)19-13(20-12)21-5-1-2-6-21/h3-4,7H,1-2,5-6H2,(H,17,18,19,20). The maximum atomic E-state index is 6.12. The van der Waals surface area contributed by atoms with Crippen LogP contribution >= 0.6 is 34.8 Å². The van der Waals surface area contributed by atoms with Crippen LogP contribution in [-0.4, -0.2) is 28.0 Å². The van der Waals surface area contributed by atoms with E-state index in [2.05, 4.69) is 25.2 Å². The molecule has 0 atom stereocenters. The molecule has 0 aliphatic carbocycles. The minimum absolute atomic E-state index is 0.146. The minimum atomic E-state index is 0.146. The summed E-state index contributed by atoms with van der Waals surface area (Å²) in [5, 5.41) is 4.27. The van der Waals surface area contributed by atoms with Crippen molar-refractivity contribution in [1.82, 2.24) is 15.0 Å². The number of nitrogens with zero attached hydrogens (tertiary/aromatic N) is 4. The lowest BCUT2D eigenvalue weighted by molar-refractivity contribution is 0.883. The van der Waals surface area contributed by atoms with Gasteiger partial charge in [-0.1, -0.05) is 23.2 Å². The predicted molar refractivity (Wildman–Crippen MR) is 86.0 cm³/mol. The third-order valence-corrected chi connectivity index (χ3v) is 3.89. The summed E-state index contributed by atoms with van der Waals surface area (Å²) in [6, 6.07) is 5.12. The highest BCUT2D eigenvalue weighted by Crippen LogP contribution is 2.28. The van der Waals surface area contributed by atoms with Crippen LogP contribution in [-0.2, 0) is 0 Å². The van der Waals surface area contributed by atoms with Crippen LogP contribution in [0.3, 0.4) is 0 Å². The average Bonchev–Trinajstić information content (AvgIpc) is 2.96. The quantitative estimate of drug-likeness (QED) is 0.905. The minimum Gasteiger partial charge on any atom is -0.341 e. The van der Waals surface area contributed by atoms with E-state index >= 15 is 0 Å². The fourth-order valence-corrected chi connectivity index (χ4v) is 2.66. The highest BCUT2D eigenvalue weighted by atomic mass is 35.5. The molecule has 1 N–H and O–H groups in total. The van der Waals surface area contributed by atoms with Crippen LogP contribution in [0.2, 0.25) is 15.3 Å². The maximum Gasteiger partial charge on any atom is 0.233 e. The topological polar surface area (TPSA) is 53.9 Å². The monoisotopic (exact) mass is 343 g/mol. The van der Waals surface area contributed by atoms with Crippen molar-refractivity contribution in [2.45, 2.75) is 12.8 Å². The van der Waals surface area contributed by atoms with E-state index in [-0.39, 0.29) is 5.28 Å². The van der Waals surface area contributed by atoms with Gasteiger partial charge in [0.05, 0.1) is 10.7 Å². The molecule has 1 saturated heterocycles.